The maximum absolute atomic E-state index is 13.1. The molecular weight excluding hydrogens is 1950 g/mol. The molecular formula is C104H202N4O38S. The van der Waals surface area contributed by atoms with E-state index in [1.54, 1.807) is 0 Å². The van der Waals surface area contributed by atoms with Crippen LogP contribution in [0.1, 0.15) is 213 Å². The van der Waals surface area contributed by atoms with Gasteiger partial charge in [0.2, 0.25) is 17.7 Å². The number of carboxylic acid groups (broad SMARTS) is 1. The first-order chi connectivity index (χ1) is 72.5. The van der Waals surface area contributed by atoms with E-state index >= 15 is 0 Å². The number of hydrogen-bond acceptors (Lipinski definition) is 39. The molecule has 0 aliphatic rings. The quantitative estimate of drug-likeness (QED) is 0.0244. The van der Waals surface area contributed by atoms with Crippen LogP contribution >= 0.6 is 11.8 Å². The van der Waals surface area contributed by atoms with Gasteiger partial charge in [-0.1, -0.05) is 168 Å². The number of unbranched alkanes of at least 4 members (excludes halogenated alkanes) is 24. The second-order valence-corrected chi connectivity index (χ2v) is 35.3. The Labute approximate surface area is 884 Å². The van der Waals surface area contributed by atoms with Crippen LogP contribution in [0.15, 0.2) is 0 Å². The number of hydrogen-bond donors (Lipinski definition) is 6. The second-order valence-electron chi connectivity index (χ2n) is 34.2. The van der Waals surface area contributed by atoms with Crippen molar-refractivity contribution in [2.24, 2.45) is 5.73 Å². The zero-order chi connectivity index (χ0) is 106. The minimum Gasteiger partial charge on any atom is -0.480 e. The molecule has 0 saturated carbocycles. The number of carbonyl (C=O) groups is 6. The molecule has 0 aromatic carbocycles. The molecule has 43 heteroatoms. The maximum atomic E-state index is 13.1. The third-order valence-corrected chi connectivity index (χ3v) is 22.7. The lowest BCUT2D eigenvalue weighted by molar-refractivity contribution is -0.149. The minimum atomic E-state index is -1.21. The molecule has 0 aromatic heterocycles. The molecule has 0 aliphatic carbocycles. The van der Waals surface area contributed by atoms with Gasteiger partial charge in [0.1, 0.15) is 18.7 Å². The zero-order valence-electron chi connectivity index (χ0n) is 90.6. The normalized spacial score (nSPS) is 12.2. The molecule has 0 rings (SSSR count). The summed E-state index contributed by atoms with van der Waals surface area (Å²) in [6, 6.07) is -2.21. The van der Waals surface area contributed by atoms with Crippen LogP contribution in [-0.4, -0.2) is 472 Å². The fraction of sp³-hybridized carbons (Fsp3) is 0.942. The van der Waals surface area contributed by atoms with Crippen LogP contribution in [0, 0.1) is 0 Å². The van der Waals surface area contributed by atoms with Gasteiger partial charge in [-0.15, -0.1) is 0 Å². The number of ether oxygens (including phenoxy) is 30. The van der Waals surface area contributed by atoms with Crippen molar-refractivity contribution < 1.29 is 181 Å². The predicted octanol–water partition coefficient (Wildman–Crippen LogP) is 8.89. The number of aliphatic carboxylic acids is 1. The average Bonchev–Trinajstić information content (AvgIpc) is 0.904. The van der Waals surface area contributed by atoms with Crippen molar-refractivity contribution in [2.75, 3.05) is 408 Å². The number of nitrogens with two attached hydrogens (primary N) is 1. The van der Waals surface area contributed by atoms with Crippen molar-refractivity contribution in [3.8, 4) is 0 Å². The van der Waals surface area contributed by atoms with Crippen LogP contribution in [0.3, 0.4) is 0 Å². The number of aliphatic hydroxyl groups is 1. The van der Waals surface area contributed by atoms with E-state index in [1.165, 1.54) is 140 Å². The van der Waals surface area contributed by atoms with Crippen molar-refractivity contribution >= 4 is 47.4 Å². The molecule has 0 aliphatic heterocycles. The maximum Gasteiger partial charge on any atom is 0.322 e. The summed E-state index contributed by atoms with van der Waals surface area (Å²) < 4.78 is 166. The van der Waals surface area contributed by atoms with Gasteiger partial charge in [-0.3, -0.25) is 28.8 Å². The summed E-state index contributed by atoms with van der Waals surface area (Å²) in [5, 5.41) is 26.0. The van der Waals surface area contributed by atoms with Crippen molar-refractivity contribution in [2.45, 2.75) is 231 Å². The summed E-state index contributed by atoms with van der Waals surface area (Å²) in [5.74, 6) is -2.53. The molecule has 0 fully saturated rings. The monoisotopic (exact) mass is 2150 g/mol. The van der Waals surface area contributed by atoms with E-state index in [4.69, 9.17) is 153 Å². The van der Waals surface area contributed by atoms with E-state index in [2.05, 4.69) is 29.8 Å². The summed E-state index contributed by atoms with van der Waals surface area (Å²) >= 11 is 1.37. The average molecular weight is 2150 g/mol. The fourth-order valence-corrected chi connectivity index (χ4v) is 14.3. The Morgan fingerprint density at radius 2 is 0.476 bits per heavy atom. The Morgan fingerprint density at radius 3 is 0.714 bits per heavy atom. The first-order valence-corrected chi connectivity index (χ1v) is 56.2. The smallest absolute Gasteiger partial charge is 0.322 e. The van der Waals surface area contributed by atoms with Gasteiger partial charge >= 0.3 is 17.9 Å². The van der Waals surface area contributed by atoms with E-state index < -0.39 is 49.1 Å². The van der Waals surface area contributed by atoms with Crippen molar-refractivity contribution in [1.82, 2.24) is 16.0 Å². The summed E-state index contributed by atoms with van der Waals surface area (Å²) in [6.07, 6.45) is 33.3. The van der Waals surface area contributed by atoms with E-state index in [1.807, 2.05) is 0 Å². The largest absolute Gasteiger partial charge is 0.480 e. The lowest BCUT2D eigenvalue weighted by atomic mass is 10.0. The van der Waals surface area contributed by atoms with Gasteiger partial charge in [-0.2, -0.15) is 11.8 Å². The Bertz CT molecular complexity index is 2680. The number of carbonyl (C=O) groups excluding carboxylic acids is 5. The molecule has 0 aromatic rings. The first-order valence-electron chi connectivity index (χ1n) is 55.1. The van der Waals surface area contributed by atoms with Gasteiger partial charge in [0.25, 0.3) is 0 Å². The summed E-state index contributed by atoms with van der Waals surface area (Å²) in [7, 11) is 0. The Hall–Kier alpha value is -4.03. The lowest BCUT2D eigenvalue weighted by Crippen LogP contribution is -2.54. The summed E-state index contributed by atoms with van der Waals surface area (Å²) in [5.41, 5.74) is 6.27. The number of aliphatic hydroxyl groups excluding tert-OH is 1. The lowest BCUT2D eigenvalue weighted by Gasteiger charge is -2.20. The van der Waals surface area contributed by atoms with Gasteiger partial charge < -0.3 is 174 Å². The topological polar surface area (TPSA) is 482 Å². The van der Waals surface area contributed by atoms with E-state index in [-0.39, 0.29) is 63.0 Å². The molecule has 0 bridgehead atoms. The molecule has 0 spiro atoms. The van der Waals surface area contributed by atoms with Crippen LogP contribution in [0.2, 0.25) is 0 Å². The standard InChI is InChI=1S/C104H202N4O38S/c1-3-5-7-9-11-13-15-17-19-21-23-25-27-31-101(113)145-35-29-30-96(146-102(114)32-28-26-24-22-20-18-16-14-12-10-8-6-4-2)94-147-95-97(105)103(115)108-98(93-109)104(116)106-34-37-118-39-41-120-43-45-122-47-49-124-51-53-126-55-57-128-59-61-130-63-65-132-67-69-134-71-73-136-75-77-138-79-81-140-83-85-142-87-89-144-91-90-143-88-86-141-84-82-139-80-78-137-76-74-135-72-70-133-68-66-131-64-62-129-60-58-127-56-54-125-52-50-123-48-46-121-44-42-119-40-38-117-36-33-99(110)107-92-100(111)112/h96-98,109H,3-95,105H2,1-2H3,(H,106,116)(H,107,110)(H,108,115)(H,111,112)/t96-,97+,98+/m1/s1. The van der Waals surface area contributed by atoms with E-state index in [0.29, 0.717) is 382 Å². The van der Waals surface area contributed by atoms with Crippen LogP contribution < -0.4 is 21.7 Å². The third kappa shape index (κ3) is 120. The van der Waals surface area contributed by atoms with Crippen molar-refractivity contribution in [1.29, 1.82) is 0 Å². The van der Waals surface area contributed by atoms with Crippen molar-refractivity contribution in [3.05, 3.63) is 0 Å². The number of nitrogens with one attached hydrogen (secondary N) is 3. The minimum absolute atomic E-state index is 0.0899. The molecule has 7 N–H and O–H groups in total. The third-order valence-electron chi connectivity index (χ3n) is 21.5. The SMILES string of the molecule is CCCCCCCCCCCCCCCC(=O)OCCC[C@H](CSC[C@H](N)C(=O)N[C@@H](CO)C(=O)NCCOCCOCCOCCOCCOCCOCCOCCOCCOCCOCCOCCOCCOCCOCCOCCOCCOCCOCCOCCOCCOCCOCCOCCOCCOCCOCCOCCOCCC(=O)NCC(=O)O)OC(=O)CCCCCCCCCCCCCCC. The van der Waals surface area contributed by atoms with Gasteiger partial charge in [-0.25, -0.2) is 0 Å². The highest BCUT2D eigenvalue weighted by molar-refractivity contribution is 7.99. The molecule has 42 nitrogen and oxygen atoms in total. The van der Waals surface area contributed by atoms with Crippen LogP contribution in [0.5, 0.6) is 0 Å². The van der Waals surface area contributed by atoms with E-state index in [9.17, 15) is 33.9 Å². The zero-order valence-corrected chi connectivity index (χ0v) is 91.4. The highest BCUT2D eigenvalue weighted by Crippen LogP contribution is 2.19. The highest BCUT2D eigenvalue weighted by Gasteiger charge is 2.25. The molecule has 0 unspecified atom stereocenters. The molecule has 0 heterocycles. The molecule has 872 valence electrons. The van der Waals surface area contributed by atoms with Gasteiger partial charge in [0.15, 0.2) is 0 Å². The van der Waals surface area contributed by atoms with Gasteiger partial charge in [-0.05, 0) is 25.7 Å². The van der Waals surface area contributed by atoms with Crippen LogP contribution in [0.25, 0.3) is 0 Å². The number of amides is 3. The predicted molar refractivity (Wildman–Crippen MR) is 556 cm³/mol. The summed E-state index contributed by atoms with van der Waals surface area (Å²) in [6.45, 7) is 28.0. The van der Waals surface area contributed by atoms with Crippen LogP contribution in [-0.2, 0) is 171 Å². The van der Waals surface area contributed by atoms with Crippen LogP contribution in [0.4, 0.5) is 0 Å². The molecule has 0 saturated heterocycles. The summed E-state index contributed by atoms with van der Waals surface area (Å²) in [4.78, 5) is 73.4. The van der Waals surface area contributed by atoms with Gasteiger partial charge in [0.05, 0.1) is 389 Å². The Kier molecular flexibility index (Phi) is 122. The Morgan fingerprint density at radius 1 is 0.252 bits per heavy atom. The number of carboxylic acids is 1. The molecule has 3 amide bonds. The van der Waals surface area contributed by atoms with E-state index in [0.717, 1.165) is 38.5 Å². The van der Waals surface area contributed by atoms with Gasteiger partial charge in [0, 0.05) is 37.3 Å². The van der Waals surface area contributed by atoms with Crippen molar-refractivity contribution in [3.63, 3.8) is 0 Å². The number of esters is 2. The highest BCUT2D eigenvalue weighted by atomic mass is 32.2. The fourth-order valence-electron chi connectivity index (χ4n) is 13.3. The Balaban J connectivity index is 3.56. The number of thioether (sulfide) groups is 1. The second kappa shape index (κ2) is 125. The first kappa shape index (κ1) is 143. The number of rotatable bonds is 130. The molecule has 3 atom stereocenters. The molecule has 147 heavy (non-hydrogen) atoms. The molecule has 0 radical (unpaired) electrons.